The fraction of sp³-hybridized carbons (Fsp3) is 1.00. The van der Waals surface area contributed by atoms with E-state index in [0.29, 0.717) is 0 Å². The molecule has 0 aromatic rings. The van der Waals surface area contributed by atoms with Crippen LogP contribution in [0.3, 0.4) is 0 Å². The third kappa shape index (κ3) is 4.29. The van der Waals surface area contributed by atoms with Crippen molar-refractivity contribution < 1.29 is 8.76 Å². The molecule has 0 aliphatic rings. The summed E-state index contributed by atoms with van der Waals surface area (Å²) in [5.74, 6) is -0.331. The van der Waals surface area contributed by atoms with Gasteiger partial charge in [-0.05, 0) is 0 Å². The van der Waals surface area contributed by atoms with Gasteiger partial charge in [-0.3, -0.25) is 0 Å². The Balaban J connectivity index is 3.85. The SMILES string of the molecule is NCS(=O)(O)=S. The van der Waals surface area contributed by atoms with Crippen molar-refractivity contribution in [3.05, 3.63) is 0 Å². The predicted molar refractivity (Wildman–Crippen MR) is 27.2 cm³/mol. The van der Waals surface area contributed by atoms with E-state index >= 15 is 0 Å². The quantitative estimate of drug-likeness (QED) is 0.480. The summed E-state index contributed by atoms with van der Waals surface area (Å²) in [4.78, 5) is 0. The number of nitrogens with two attached hydrogens (primary N) is 1. The molecule has 0 bridgehead atoms. The van der Waals surface area contributed by atoms with Gasteiger partial charge in [-0.2, -0.15) is 0 Å². The monoisotopic (exact) mass is 127 g/mol. The zero-order valence-corrected chi connectivity index (χ0v) is 4.59. The van der Waals surface area contributed by atoms with Crippen LogP contribution in [0.2, 0.25) is 0 Å². The van der Waals surface area contributed by atoms with Gasteiger partial charge in [-0.1, -0.05) is 0 Å². The fourth-order valence-corrected chi connectivity index (χ4v) is 0. The molecule has 0 fully saturated rings. The van der Waals surface area contributed by atoms with Crippen LogP contribution in [-0.2, 0) is 20.0 Å². The molecule has 0 saturated carbocycles. The lowest BCUT2D eigenvalue weighted by Crippen LogP contribution is -2.10. The van der Waals surface area contributed by atoms with E-state index in [1.54, 1.807) is 0 Å². The molecule has 3 N–H and O–H groups in total. The van der Waals surface area contributed by atoms with Crippen LogP contribution in [0, 0.1) is 0 Å². The van der Waals surface area contributed by atoms with E-state index in [0.717, 1.165) is 0 Å². The highest BCUT2D eigenvalue weighted by Crippen LogP contribution is 1.70. The molecule has 0 heterocycles. The zero-order valence-electron chi connectivity index (χ0n) is 2.96. The number of hydrogen-bond acceptors (Lipinski definition) is 3. The highest BCUT2D eigenvalue weighted by atomic mass is 32.8. The van der Waals surface area contributed by atoms with E-state index in [1.165, 1.54) is 0 Å². The van der Waals surface area contributed by atoms with E-state index < -0.39 is 8.77 Å². The van der Waals surface area contributed by atoms with Crippen molar-refractivity contribution in [2.75, 3.05) is 5.88 Å². The van der Waals surface area contributed by atoms with Crippen LogP contribution in [0.4, 0.5) is 0 Å². The molecule has 0 amide bonds. The van der Waals surface area contributed by atoms with Crippen molar-refractivity contribution in [1.82, 2.24) is 0 Å². The van der Waals surface area contributed by atoms with Gasteiger partial charge in [-0.25, -0.2) is 4.21 Å². The van der Waals surface area contributed by atoms with Gasteiger partial charge >= 0.3 is 0 Å². The largest absolute Gasteiger partial charge is 0.318 e. The van der Waals surface area contributed by atoms with Crippen molar-refractivity contribution in [2.45, 2.75) is 0 Å². The summed E-state index contributed by atoms with van der Waals surface area (Å²) in [5.41, 5.74) is 4.68. The Bertz CT molecular complexity index is 114. The third-order valence-electron chi connectivity index (χ3n) is 0.211. The standard InChI is InChI=1S/CH5NO2S2/c2-1-6(3,4)5/h1-2H2,(H,3,4,5). The molecular weight excluding hydrogens is 122 g/mol. The number of rotatable bonds is 1. The minimum Gasteiger partial charge on any atom is -0.318 e. The molecule has 0 radical (unpaired) electrons. The Morgan fingerprint density at radius 3 is 2.17 bits per heavy atom. The smallest absolute Gasteiger partial charge is 0.154 e. The van der Waals surface area contributed by atoms with Crippen molar-refractivity contribution in [3.63, 3.8) is 0 Å². The summed E-state index contributed by atoms with van der Waals surface area (Å²) >= 11 is 3.94. The molecular formula is CH5NO2S2. The molecule has 3 nitrogen and oxygen atoms in total. The molecule has 0 spiro atoms. The van der Waals surface area contributed by atoms with E-state index in [4.69, 9.17) is 4.55 Å². The van der Waals surface area contributed by atoms with E-state index in [9.17, 15) is 4.21 Å². The maximum Gasteiger partial charge on any atom is 0.154 e. The lowest BCUT2D eigenvalue weighted by molar-refractivity contribution is 0.562. The Morgan fingerprint density at radius 2 is 2.17 bits per heavy atom. The predicted octanol–water partition coefficient (Wildman–Crippen LogP) is -0.878. The first-order valence-corrected chi connectivity index (χ1v) is 3.82. The van der Waals surface area contributed by atoms with E-state index in [1.807, 2.05) is 0 Å². The van der Waals surface area contributed by atoms with Crippen molar-refractivity contribution >= 4 is 20.0 Å². The molecule has 1 atom stereocenters. The van der Waals surface area contributed by atoms with Crippen molar-refractivity contribution in [2.24, 2.45) is 5.73 Å². The normalized spacial score (nSPS) is 19.7. The van der Waals surface area contributed by atoms with E-state index in [-0.39, 0.29) is 5.88 Å². The Morgan fingerprint density at radius 1 is 2.00 bits per heavy atom. The highest BCUT2D eigenvalue weighted by Gasteiger charge is 1.88. The van der Waals surface area contributed by atoms with Gasteiger partial charge in [0.15, 0.2) is 8.77 Å². The first-order chi connectivity index (χ1) is 2.56. The second kappa shape index (κ2) is 1.83. The van der Waals surface area contributed by atoms with Crippen LogP contribution < -0.4 is 5.73 Å². The first-order valence-electron chi connectivity index (χ1n) is 1.21. The summed E-state index contributed by atoms with van der Waals surface area (Å²) in [6, 6.07) is 0. The first kappa shape index (κ1) is 6.29. The minimum atomic E-state index is -3.05. The summed E-state index contributed by atoms with van der Waals surface area (Å²) < 4.78 is 17.8. The average molecular weight is 127 g/mol. The van der Waals surface area contributed by atoms with Gasteiger partial charge in [0.1, 0.15) is 0 Å². The Labute approximate surface area is 41.0 Å². The maximum atomic E-state index is 9.80. The second-order valence-corrected chi connectivity index (χ2v) is 3.81. The molecule has 0 aromatic carbocycles. The summed E-state index contributed by atoms with van der Waals surface area (Å²) in [6.07, 6.45) is 0. The molecule has 6 heavy (non-hydrogen) atoms. The molecule has 0 rings (SSSR count). The molecule has 0 aliphatic carbocycles. The van der Waals surface area contributed by atoms with Crippen molar-refractivity contribution in [1.29, 1.82) is 0 Å². The van der Waals surface area contributed by atoms with Crippen LogP contribution in [0.5, 0.6) is 0 Å². The minimum absolute atomic E-state index is 0.331. The fourth-order valence-electron chi connectivity index (χ4n) is 0. The van der Waals surface area contributed by atoms with Gasteiger partial charge in [0, 0.05) is 11.2 Å². The van der Waals surface area contributed by atoms with Gasteiger partial charge in [0.2, 0.25) is 0 Å². The highest BCUT2D eigenvalue weighted by molar-refractivity contribution is 8.29. The lowest BCUT2D eigenvalue weighted by Gasteiger charge is -1.85. The molecule has 5 heteroatoms. The lowest BCUT2D eigenvalue weighted by atomic mass is 11.6. The summed E-state index contributed by atoms with van der Waals surface area (Å²) in [7, 11) is -3.05. The second-order valence-electron chi connectivity index (χ2n) is 0.749. The topological polar surface area (TPSA) is 63.3 Å². The van der Waals surface area contributed by atoms with Crippen LogP contribution >= 0.6 is 0 Å². The molecule has 38 valence electrons. The van der Waals surface area contributed by atoms with Gasteiger partial charge in [0.05, 0.1) is 5.88 Å². The van der Waals surface area contributed by atoms with Crippen LogP contribution in [0.25, 0.3) is 0 Å². The Hall–Kier alpha value is 0.290. The van der Waals surface area contributed by atoms with Crippen LogP contribution in [-0.4, -0.2) is 14.6 Å². The summed E-state index contributed by atoms with van der Waals surface area (Å²) in [5, 5.41) is 0. The van der Waals surface area contributed by atoms with Crippen molar-refractivity contribution in [3.8, 4) is 0 Å². The van der Waals surface area contributed by atoms with Crippen LogP contribution in [0.1, 0.15) is 0 Å². The maximum absolute atomic E-state index is 9.80. The molecule has 0 saturated heterocycles. The van der Waals surface area contributed by atoms with E-state index in [2.05, 4.69) is 16.9 Å². The summed E-state index contributed by atoms with van der Waals surface area (Å²) in [6.45, 7) is 0. The average Bonchev–Trinajstić information content (AvgIpc) is 1.35. The molecule has 1 unspecified atom stereocenters. The van der Waals surface area contributed by atoms with Gasteiger partial charge in [-0.15, -0.1) is 0 Å². The molecule has 0 aromatic heterocycles. The number of hydrogen-bond donors (Lipinski definition) is 2. The van der Waals surface area contributed by atoms with Crippen LogP contribution in [0.15, 0.2) is 0 Å². The third-order valence-corrected chi connectivity index (χ3v) is 1.04. The zero-order chi connectivity index (χ0) is 5.21. The Kier molecular flexibility index (Phi) is 1.92. The molecule has 0 aliphatic heterocycles. The van der Waals surface area contributed by atoms with Gasteiger partial charge in [0.25, 0.3) is 0 Å². The van der Waals surface area contributed by atoms with Gasteiger partial charge < -0.3 is 10.3 Å².